The molecule has 1 amide bonds. The highest BCUT2D eigenvalue weighted by molar-refractivity contribution is 8.78. The van der Waals surface area contributed by atoms with Crippen molar-refractivity contribution in [2.75, 3.05) is 18.2 Å². The van der Waals surface area contributed by atoms with Crippen molar-refractivity contribution in [2.45, 2.75) is 67.1 Å². The maximum Gasteiger partial charge on any atom is 0.477 e. The Balaban J connectivity index is 1.41. The number of rotatable bonds is 16. The molecule has 1 aromatic rings. The molecule has 3 aliphatic rings. The minimum atomic E-state index is -4.17. The van der Waals surface area contributed by atoms with E-state index in [-0.39, 0.29) is 31.1 Å². The van der Waals surface area contributed by atoms with Gasteiger partial charge in [0.2, 0.25) is 0 Å². The lowest BCUT2D eigenvalue weighted by molar-refractivity contribution is -0.174. The molecule has 3 heterocycles. The Bertz CT molecular complexity index is 1240. The van der Waals surface area contributed by atoms with Crippen LogP contribution in [0.1, 0.15) is 37.3 Å². The second-order valence-corrected chi connectivity index (χ2v) is 15.6. The van der Waals surface area contributed by atoms with Crippen LogP contribution in [0.15, 0.2) is 46.2 Å². The molecule has 0 saturated carbocycles. The number of carbonyl (C=O) groups is 3. The van der Waals surface area contributed by atoms with Crippen LogP contribution < -0.4 is 0 Å². The standard InChI is InChI=1S/C25H30NO11PS4/c1-2-3-4-5-6-7-8-25(32)23-22(37-23)24(31)26(25)15-36-38(33)34-11-16-9-18(41-39-13-20(27)28)19(10-17(16)12-35-38)42-40-14-21(29)30/h2-3,5-6,9-10,22-23,32H,4,7-8,11-15H2,1H3,(H,27,28)(H,29,30)/b3-2+,6-5+. The molecule has 0 bridgehead atoms. The molecular weight excluding hydrogens is 650 g/mol. The third-order valence-electron chi connectivity index (χ3n) is 6.31. The van der Waals surface area contributed by atoms with Gasteiger partial charge < -0.3 is 20.1 Å². The zero-order valence-corrected chi connectivity index (χ0v) is 26.6. The average Bonchev–Trinajstić information content (AvgIpc) is 3.73. The summed E-state index contributed by atoms with van der Waals surface area (Å²) in [5.41, 5.74) is -0.356. The van der Waals surface area contributed by atoms with Gasteiger partial charge in [0.15, 0.2) is 11.8 Å². The number of carbonyl (C=O) groups excluding carboxylic acids is 1. The SMILES string of the molecule is C/C=C/C/C=C/CCC1(O)C2OC2C(=O)N1COP1(=O)OCc2cc(SSCC(=O)O)c(SSCC(=O)O)cc2CO1. The number of likely N-dealkylation sites (tertiary alicyclic amines) is 1. The molecule has 0 radical (unpaired) electrons. The molecule has 3 atom stereocenters. The second kappa shape index (κ2) is 15.0. The number of morpholine rings is 1. The molecule has 1 aromatic carbocycles. The maximum absolute atomic E-state index is 13.4. The summed E-state index contributed by atoms with van der Waals surface area (Å²) in [5, 5.41) is 29.3. The monoisotopic (exact) mass is 679 g/mol. The van der Waals surface area contributed by atoms with Crippen LogP contribution in [0.4, 0.5) is 0 Å². The van der Waals surface area contributed by atoms with Crippen LogP contribution in [0.3, 0.4) is 0 Å². The molecule has 3 N–H and O–H groups in total. The van der Waals surface area contributed by atoms with Gasteiger partial charge in [0.1, 0.15) is 24.3 Å². The van der Waals surface area contributed by atoms with Gasteiger partial charge in [0.25, 0.3) is 5.91 Å². The van der Waals surface area contributed by atoms with Crippen molar-refractivity contribution < 1.29 is 52.6 Å². The van der Waals surface area contributed by atoms with Crippen LogP contribution in [0.25, 0.3) is 0 Å². The molecule has 0 aliphatic carbocycles. The van der Waals surface area contributed by atoms with Crippen molar-refractivity contribution >= 4 is 68.8 Å². The topological polar surface area (TPSA) is 172 Å². The Morgan fingerprint density at radius 1 is 1.07 bits per heavy atom. The lowest BCUT2D eigenvalue weighted by Crippen LogP contribution is -2.51. The maximum atomic E-state index is 13.4. The number of hydrogen-bond acceptors (Lipinski definition) is 13. The summed E-state index contributed by atoms with van der Waals surface area (Å²) in [6, 6.07) is 3.52. The molecule has 230 valence electrons. The van der Waals surface area contributed by atoms with Crippen LogP contribution in [0.2, 0.25) is 0 Å². The van der Waals surface area contributed by atoms with Crippen molar-refractivity contribution in [1.29, 1.82) is 0 Å². The van der Waals surface area contributed by atoms with Crippen molar-refractivity contribution in [3.05, 3.63) is 47.6 Å². The predicted molar refractivity (Wildman–Crippen MR) is 160 cm³/mol. The summed E-state index contributed by atoms with van der Waals surface area (Å²) in [6.07, 6.45) is 7.78. The van der Waals surface area contributed by atoms with Gasteiger partial charge in [-0.25, -0.2) is 4.57 Å². The van der Waals surface area contributed by atoms with Gasteiger partial charge in [0.05, 0.1) is 13.2 Å². The first-order valence-corrected chi connectivity index (χ1v) is 18.8. The van der Waals surface area contributed by atoms with Gasteiger partial charge in [-0.2, -0.15) is 0 Å². The van der Waals surface area contributed by atoms with Crippen LogP contribution in [0, 0.1) is 0 Å². The quantitative estimate of drug-likeness (QED) is 0.0915. The van der Waals surface area contributed by atoms with Crippen molar-refractivity contribution in [2.24, 2.45) is 0 Å². The fourth-order valence-corrected chi connectivity index (χ4v) is 9.62. The number of hydrogen-bond donors (Lipinski definition) is 3. The first kappa shape index (κ1) is 33.4. The fourth-order valence-electron chi connectivity index (χ4n) is 4.19. The van der Waals surface area contributed by atoms with Gasteiger partial charge in [0, 0.05) is 16.2 Å². The van der Waals surface area contributed by atoms with Crippen LogP contribution in [-0.4, -0.2) is 74.2 Å². The molecule has 4 rings (SSSR count). The van der Waals surface area contributed by atoms with E-state index < -0.39 is 50.3 Å². The number of benzene rings is 1. The highest BCUT2D eigenvalue weighted by Gasteiger charge is 2.69. The minimum absolute atomic E-state index is 0.141. The number of ether oxygens (including phenoxy) is 1. The summed E-state index contributed by atoms with van der Waals surface area (Å²) >= 11 is 0. The first-order chi connectivity index (χ1) is 20.1. The number of allylic oxidation sites excluding steroid dienone is 4. The number of phosphoric acid groups is 1. The molecule has 12 nitrogen and oxygen atoms in total. The Morgan fingerprint density at radius 2 is 1.67 bits per heavy atom. The van der Waals surface area contributed by atoms with E-state index in [1.54, 1.807) is 12.1 Å². The van der Waals surface area contributed by atoms with Gasteiger partial charge in [-0.1, -0.05) is 67.5 Å². The molecule has 17 heteroatoms. The normalized spacial score (nSPS) is 24.6. The van der Waals surface area contributed by atoms with E-state index in [2.05, 4.69) is 0 Å². The summed E-state index contributed by atoms with van der Waals surface area (Å²) in [5.74, 6) is -2.69. The number of nitrogens with zero attached hydrogens (tertiary/aromatic N) is 1. The lowest BCUT2D eigenvalue weighted by atomic mass is 10.0. The Morgan fingerprint density at radius 3 is 2.21 bits per heavy atom. The molecule has 3 aliphatic heterocycles. The van der Waals surface area contributed by atoms with Crippen LogP contribution in [0.5, 0.6) is 0 Å². The van der Waals surface area contributed by atoms with E-state index in [0.29, 0.717) is 27.3 Å². The van der Waals surface area contributed by atoms with Crippen LogP contribution in [-0.2, 0) is 50.5 Å². The third-order valence-corrected chi connectivity index (χ3v) is 12.3. The third kappa shape index (κ3) is 8.58. The van der Waals surface area contributed by atoms with Crippen molar-refractivity contribution in [3.63, 3.8) is 0 Å². The van der Waals surface area contributed by atoms with E-state index in [4.69, 9.17) is 28.5 Å². The van der Waals surface area contributed by atoms with Crippen molar-refractivity contribution in [1.82, 2.24) is 4.90 Å². The molecule has 2 fully saturated rings. The zero-order valence-electron chi connectivity index (χ0n) is 22.4. The minimum Gasteiger partial charge on any atom is -0.481 e. The summed E-state index contributed by atoms with van der Waals surface area (Å²) < 4.78 is 35.4. The number of carboxylic acid groups (broad SMARTS) is 2. The van der Waals surface area contributed by atoms with E-state index in [1.165, 1.54) is 21.6 Å². The number of aliphatic hydroxyl groups is 1. The zero-order chi connectivity index (χ0) is 30.3. The highest BCUT2D eigenvalue weighted by atomic mass is 33.1. The fraction of sp³-hybridized carbons (Fsp3) is 0.480. The largest absolute Gasteiger partial charge is 0.481 e. The van der Waals surface area contributed by atoms with E-state index in [9.17, 15) is 24.1 Å². The number of amides is 1. The molecular formula is C25H30NO11PS4. The number of phosphoric ester groups is 1. The van der Waals surface area contributed by atoms with Gasteiger partial charge >= 0.3 is 19.8 Å². The van der Waals surface area contributed by atoms with Crippen LogP contribution >= 0.6 is 51.0 Å². The highest BCUT2D eigenvalue weighted by Crippen LogP contribution is 2.55. The molecule has 0 spiro atoms. The number of epoxide rings is 1. The summed E-state index contributed by atoms with van der Waals surface area (Å²) in [6.45, 7) is 1.10. The smallest absolute Gasteiger partial charge is 0.477 e. The van der Waals surface area contributed by atoms with E-state index in [1.807, 2.05) is 31.2 Å². The molecule has 2 saturated heterocycles. The van der Waals surface area contributed by atoms with Gasteiger partial charge in [-0.05, 0) is 43.0 Å². The Labute approximate surface area is 258 Å². The lowest BCUT2D eigenvalue weighted by Gasteiger charge is -2.35. The number of carboxylic acids is 2. The predicted octanol–water partition coefficient (Wildman–Crippen LogP) is 5.07. The second-order valence-electron chi connectivity index (χ2n) is 9.24. The first-order valence-electron chi connectivity index (χ1n) is 12.7. The van der Waals surface area contributed by atoms with Gasteiger partial charge in [-0.15, -0.1) is 0 Å². The number of fused-ring (bicyclic) bond motifs is 2. The van der Waals surface area contributed by atoms with E-state index in [0.717, 1.165) is 32.9 Å². The number of aliphatic carboxylic acids is 2. The average molecular weight is 680 g/mol. The van der Waals surface area contributed by atoms with E-state index >= 15 is 0 Å². The molecule has 42 heavy (non-hydrogen) atoms. The van der Waals surface area contributed by atoms with Gasteiger partial charge in [-0.3, -0.25) is 32.9 Å². The Hall–Kier alpha value is -1.46. The Kier molecular flexibility index (Phi) is 12.0. The summed E-state index contributed by atoms with van der Waals surface area (Å²) in [4.78, 5) is 37.2. The van der Waals surface area contributed by atoms with Crippen molar-refractivity contribution in [3.8, 4) is 0 Å². The summed E-state index contributed by atoms with van der Waals surface area (Å²) in [7, 11) is 0.492. The molecule has 0 aromatic heterocycles. The molecule has 3 unspecified atom stereocenters.